The highest BCUT2D eigenvalue weighted by molar-refractivity contribution is 9.10. The molecular formula is C12H12BrFN2. The van der Waals surface area contributed by atoms with E-state index in [0.29, 0.717) is 0 Å². The minimum absolute atomic E-state index is 0.0922. The van der Waals surface area contributed by atoms with E-state index in [4.69, 9.17) is 0 Å². The summed E-state index contributed by atoms with van der Waals surface area (Å²) in [5.74, 6) is -0.0922. The van der Waals surface area contributed by atoms with Crippen LogP contribution in [0.3, 0.4) is 0 Å². The Kier molecular flexibility index (Phi) is 3.10. The van der Waals surface area contributed by atoms with Crippen molar-refractivity contribution in [3.05, 3.63) is 40.5 Å². The SMILES string of the molecule is CC(C)=C(F)Cn1ccc2c(Br)nccc21. The van der Waals surface area contributed by atoms with E-state index in [1.165, 1.54) is 0 Å². The molecule has 0 saturated carbocycles. The summed E-state index contributed by atoms with van der Waals surface area (Å²) in [6, 6.07) is 3.82. The molecule has 84 valence electrons. The Hall–Kier alpha value is -1.16. The number of nitrogens with zero attached hydrogens (tertiary/aromatic N) is 2. The fraction of sp³-hybridized carbons (Fsp3) is 0.250. The van der Waals surface area contributed by atoms with Gasteiger partial charge in [0.15, 0.2) is 0 Å². The van der Waals surface area contributed by atoms with Gasteiger partial charge in [0.05, 0.1) is 12.1 Å². The van der Waals surface area contributed by atoms with Crippen molar-refractivity contribution in [3.63, 3.8) is 0 Å². The molecule has 0 unspecified atom stereocenters. The second-order valence-corrected chi connectivity index (χ2v) is 4.63. The van der Waals surface area contributed by atoms with Crippen LogP contribution >= 0.6 is 15.9 Å². The number of hydrogen-bond acceptors (Lipinski definition) is 1. The summed E-state index contributed by atoms with van der Waals surface area (Å²) >= 11 is 3.38. The highest BCUT2D eigenvalue weighted by atomic mass is 79.9. The van der Waals surface area contributed by atoms with E-state index in [2.05, 4.69) is 20.9 Å². The molecule has 2 rings (SSSR count). The van der Waals surface area contributed by atoms with Crippen molar-refractivity contribution in [3.8, 4) is 0 Å². The number of rotatable bonds is 2. The van der Waals surface area contributed by atoms with Gasteiger partial charge in [0.1, 0.15) is 10.4 Å². The Balaban J connectivity index is 2.47. The molecule has 0 radical (unpaired) electrons. The van der Waals surface area contributed by atoms with Crippen molar-refractivity contribution in [2.24, 2.45) is 0 Å². The van der Waals surface area contributed by atoms with Gasteiger partial charge in [-0.05, 0) is 47.5 Å². The first-order chi connectivity index (χ1) is 7.59. The Bertz CT molecular complexity index is 553. The van der Waals surface area contributed by atoms with Crippen LogP contribution in [-0.2, 0) is 6.54 Å². The highest BCUT2D eigenvalue weighted by Gasteiger charge is 2.06. The molecule has 0 spiro atoms. The van der Waals surface area contributed by atoms with Crippen molar-refractivity contribution in [1.29, 1.82) is 0 Å². The van der Waals surface area contributed by atoms with Gasteiger partial charge in [0, 0.05) is 17.8 Å². The van der Waals surface area contributed by atoms with Crippen LogP contribution in [0.25, 0.3) is 10.9 Å². The normalized spacial score (nSPS) is 10.8. The summed E-state index contributed by atoms with van der Waals surface area (Å²) in [4.78, 5) is 4.13. The van der Waals surface area contributed by atoms with Gasteiger partial charge in [-0.15, -0.1) is 0 Å². The van der Waals surface area contributed by atoms with Crippen LogP contribution in [0.4, 0.5) is 4.39 Å². The number of allylic oxidation sites excluding steroid dienone is 2. The zero-order chi connectivity index (χ0) is 11.7. The number of fused-ring (bicyclic) bond motifs is 1. The van der Waals surface area contributed by atoms with Crippen LogP contribution in [-0.4, -0.2) is 9.55 Å². The minimum atomic E-state index is -0.0922. The van der Waals surface area contributed by atoms with Crippen LogP contribution in [0.5, 0.6) is 0 Å². The average molecular weight is 283 g/mol. The van der Waals surface area contributed by atoms with Gasteiger partial charge in [-0.1, -0.05) is 0 Å². The molecule has 0 fully saturated rings. The van der Waals surface area contributed by atoms with E-state index in [-0.39, 0.29) is 12.4 Å². The van der Waals surface area contributed by atoms with Gasteiger partial charge < -0.3 is 4.57 Å². The molecule has 16 heavy (non-hydrogen) atoms. The summed E-state index contributed by atoms with van der Waals surface area (Å²) in [7, 11) is 0. The van der Waals surface area contributed by atoms with E-state index < -0.39 is 0 Å². The van der Waals surface area contributed by atoms with Gasteiger partial charge in [0.25, 0.3) is 0 Å². The zero-order valence-electron chi connectivity index (χ0n) is 9.17. The molecule has 0 aromatic carbocycles. The van der Waals surface area contributed by atoms with E-state index in [1.54, 1.807) is 20.0 Å². The van der Waals surface area contributed by atoms with E-state index in [0.717, 1.165) is 21.1 Å². The molecular weight excluding hydrogens is 271 g/mol. The van der Waals surface area contributed by atoms with Gasteiger partial charge in [-0.25, -0.2) is 9.37 Å². The first-order valence-electron chi connectivity index (χ1n) is 5.01. The second kappa shape index (κ2) is 4.37. The molecule has 4 heteroatoms. The maximum Gasteiger partial charge on any atom is 0.118 e. The van der Waals surface area contributed by atoms with Crippen LogP contribution in [0.1, 0.15) is 13.8 Å². The van der Waals surface area contributed by atoms with Gasteiger partial charge in [-0.2, -0.15) is 0 Å². The van der Waals surface area contributed by atoms with Crippen molar-refractivity contribution in [2.75, 3.05) is 0 Å². The Morgan fingerprint density at radius 2 is 2.19 bits per heavy atom. The number of hydrogen-bond donors (Lipinski definition) is 0. The molecule has 2 heterocycles. The Labute approximate surface area is 102 Å². The molecule has 2 aromatic rings. The maximum atomic E-state index is 13.5. The average Bonchev–Trinajstić information content (AvgIpc) is 2.63. The summed E-state index contributed by atoms with van der Waals surface area (Å²) in [5, 5.41) is 1.00. The van der Waals surface area contributed by atoms with Crippen molar-refractivity contribution >= 4 is 26.8 Å². The third-order valence-corrected chi connectivity index (χ3v) is 3.13. The summed E-state index contributed by atoms with van der Waals surface area (Å²) in [5.41, 5.74) is 1.70. The molecule has 0 aliphatic heterocycles. The van der Waals surface area contributed by atoms with Crippen LogP contribution in [0, 0.1) is 0 Å². The fourth-order valence-electron chi connectivity index (χ4n) is 1.53. The number of halogens is 2. The van der Waals surface area contributed by atoms with Crippen molar-refractivity contribution in [1.82, 2.24) is 9.55 Å². The lowest BCUT2D eigenvalue weighted by Gasteiger charge is -2.04. The van der Waals surface area contributed by atoms with Crippen LogP contribution in [0.15, 0.2) is 40.5 Å². The largest absolute Gasteiger partial charge is 0.341 e. The van der Waals surface area contributed by atoms with Crippen LogP contribution in [0.2, 0.25) is 0 Å². The van der Waals surface area contributed by atoms with Crippen LogP contribution < -0.4 is 0 Å². The number of pyridine rings is 1. The summed E-state index contributed by atoms with van der Waals surface area (Å²) in [6.45, 7) is 3.83. The molecule has 2 nitrogen and oxygen atoms in total. The predicted octanol–water partition coefficient (Wildman–Crippen LogP) is 4.06. The smallest absolute Gasteiger partial charge is 0.118 e. The topological polar surface area (TPSA) is 17.8 Å². The number of aromatic nitrogens is 2. The van der Waals surface area contributed by atoms with Crippen molar-refractivity contribution in [2.45, 2.75) is 20.4 Å². The third kappa shape index (κ3) is 2.02. The van der Waals surface area contributed by atoms with E-state index in [1.807, 2.05) is 22.9 Å². The minimum Gasteiger partial charge on any atom is -0.341 e. The predicted molar refractivity (Wildman–Crippen MR) is 66.9 cm³/mol. The standard InChI is InChI=1S/C12H12BrFN2/c1-8(2)10(14)7-16-6-4-9-11(16)3-5-15-12(9)13/h3-6H,7H2,1-2H3. The molecule has 0 bridgehead atoms. The molecule has 0 aliphatic carbocycles. The van der Waals surface area contributed by atoms with Gasteiger partial charge in [-0.3, -0.25) is 0 Å². The molecule has 2 aromatic heterocycles. The summed E-state index contributed by atoms with van der Waals surface area (Å²) < 4.78 is 16.2. The highest BCUT2D eigenvalue weighted by Crippen LogP contribution is 2.23. The zero-order valence-corrected chi connectivity index (χ0v) is 10.8. The first kappa shape index (κ1) is 11.3. The van der Waals surface area contributed by atoms with Gasteiger partial charge in [0.2, 0.25) is 0 Å². The lowest BCUT2D eigenvalue weighted by Crippen LogP contribution is -1.97. The molecule has 0 aliphatic rings. The summed E-state index contributed by atoms with van der Waals surface area (Å²) in [6.07, 6.45) is 3.59. The quantitative estimate of drug-likeness (QED) is 0.760. The maximum absolute atomic E-state index is 13.5. The molecule has 0 saturated heterocycles. The fourth-order valence-corrected chi connectivity index (χ4v) is 1.99. The Morgan fingerprint density at radius 3 is 2.88 bits per heavy atom. The van der Waals surface area contributed by atoms with E-state index >= 15 is 0 Å². The second-order valence-electron chi connectivity index (χ2n) is 3.88. The third-order valence-electron chi connectivity index (χ3n) is 2.50. The monoisotopic (exact) mass is 282 g/mol. The van der Waals surface area contributed by atoms with Crippen molar-refractivity contribution < 1.29 is 4.39 Å². The molecule has 0 atom stereocenters. The lowest BCUT2D eigenvalue weighted by molar-refractivity contribution is 0.552. The molecule has 0 N–H and O–H groups in total. The van der Waals surface area contributed by atoms with Gasteiger partial charge >= 0.3 is 0 Å². The molecule has 0 amide bonds. The Morgan fingerprint density at radius 1 is 1.44 bits per heavy atom. The lowest BCUT2D eigenvalue weighted by atomic mass is 10.3. The first-order valence-corrected chi connectivity index (χ1v) is 5.80. The van der Waals surface area contributed by atoms with E-state index in [9.17, 15) is 4.39 Å².